The Labute approximate surface area is 530 Å². The first kappa shape index (κ1) is 85.1. The van der Waals surface area contributed by atoms with E-state index in [2.05, 4.69) is 41.5 Å². The van der Waals surface area contributed by atoms with Crippen LogP contribution in [-0.4, -0.2) is 96.7 Å². The van der Waals surface area contributed by atoms with Crippen LogP contribution in [0.1, 0.15) is 343 Å². The zero-order valence-electron chi connectivity index (χ0n) is 56.3. The van der Waals surface area contributed by atoms with Crippen molar-refractivity contribution in [1.29, 1.82) is 0 Å². The molecule has 0 aliphatic carbocycles. The summed E-state index contributed by atoms with van der Waals surface area (Å²) in [5, 5.41) is 10.5. The van der Waals surface area contributed by atoms with E-state index >= 15 is 0 Å². The van der Waals surface area contributed by atoms with Crippen LogP contribution < -0.4 is 0 Å². The number of rotatable bonds is 67. The van der Waals surface area contributed by atoms with Crippen molar-refractivity contribution in [2.75, 3.05) is 39.6 Å². The molecule has 3 unspecified atom stereocenters. The summed E-state index contributed by atoms with van der Waals surface area (Å²) in [4.78, 5) is 72.1. The average Bonchev–Trinajstić information content (AvgIpc) is 3.65. The van der Waals surface area contributed by atoms with Crippen molar-refractivity contribution in [1.82, 2.24) is 0 Å². The molecule has 6 atom stereocenters. The summed E-state index contributed by atoms with van der Waals surface area (Å²) in [6.07, 6.45) is 44.7. The third kappa shape index (κ3) is 61.3. The molecule has 0 heterocycles. The van der Waals surface area contributed by atoms with Crippen molar-refractivity contribution in [2.24, 2.45) is 11.8 Å². The first-order valence-corrected chi connectivity index (χ1v) is 38.5. The second-order valence-electron chi connectivity index (χ2n) is 25.3. The maximum Gasteiger partial charge on any atom is 0.472 e. The van der Waals surface area contributed by atoms with Crippen LogP contribution in [-0.2, 0) is 65.4 Å². The highest BCUT2D eigenvalue weighted by Gasteiger charge is 2.30. The van der Waals surface area contributed by atoms with E-state index in [-0.39, 0.29) is 25.7 Å². The molecule has 0 amide bonds. The lowest BCUT2D eigenvalue weighted by molar-refractivity contribution is -0.161. The SMILES string of the molecule is CCCCCCCCCCCCC(=O)O[C@H](COC(=O)CCCCCCC)COP(=O)(O)OC[C@H](O)COP(=O)(O)OC[C@@H](COC(=O)CCCCCCCCCCCCC(C)CC)OC(=O)CCCCCCCCCCCCCCCCCC(C)C. The van der Waals surface area contributed by atoms with Crippen molar-refractivity contribution in [3.8, 4) is 0 Å². The molecule has 0 bridgehead atoms. The summed E-state index contributed by atoms with van der Waals surface area (Å²) >= 11 is 0. The molecule has 19 heteroatoms. The highest BCUT2D eigenvalue weighted by Crippen LogP contribution is 2.45. The fourth-order valence-electron chi connectivity index (χ4n) is 10.2. The van der Waals surface area contributed by atoms with Crippen molar-refractivity contribution >= 4 is 39.5 Å². The lowest BCUT2D eigenvalue weighted by Gasteiger charge is -2.21. The molecular weight excluding hydrogens is 1150 g/mol. The number of aliphatic hydroxyl groups excluding tert-OH is 1. The molecule has 0 aromatic heterocycles. The molecule has 0 aromatic rings. The first-order chi connectivity index (χ1) is 41.9. The van der Waals surface area contributed by atoms with E-state index in [1.165, 1.54) is 154 Å². The third-order valence-corrected chi connectivity index (χ3v) is 18.0. The number of carbonyl (C=O) groups excluding carboxylic acids is 4. The normalized spacial score (nSPS) is 14.5. The van der Waals surface area contributed by atoms with Crippen LogP contribution in [0.3, 0.4) is 0 Å². The van der Waals surface area contributed by atoms with Gasteiger partial charge >= 0.3 is 39.5 Å². The fraction of sp³-hybridized carbons (Fsp3) is 0.941. The Bertz CT molecular complexity index is 1700. The van der Waals surface area contributed by atoms with Gasteiger partial charge in [0.05, 0.1) is 26.4 Å². The molecule has 0 rings (SSSR count). The largest absolute Gasteiger partial charge is 0.472 e. The van der Waals surface area contributed by atoms with Gasteiger partial charge in [-0.3, -0.25) is 37.3 Å². The molecule has 0 fully saturated rings. The lowest BCUT2D eigenvalue weighted by Crippen LogP contribution is -2.30. The topological polar surface area (TPSA) is 237 Å². The van der Waals surface area contributed by atoms with Crippen molar-refractivity contribution in [2.45, 2.75) is 362 Å². The summed E-state index contributed by atoms with van der Waals surface area (Å²) in [6.45, 7) is 9.49. The minimum atomic E-state index is -4.95. The molecule has 0 spiro atoms. The summed E-state index contributed by atoms with van der Waals surface area (Å²) in [7, 11) is -9.88. The van der Waals surface area contributed by atoms with Gasteiger partial charge in [0.25, 0.3) is 0 Å². The average molecular weight is 1280 g/mol. The number of hydrogen-bond acceptors (Lipinski definition) is 15. The number of hydrogen-bond donors (Lipinski definition) is 3. The summed E-state index contributed by atoms with van der Waals surface area (Å²) < 4.78 is 68.0. The number of ether oxygens (including phenoxy) is 4. The van der Waals surface area contributed by atoms with E-state index in [0.29, 0.717) is 25.7 Å². The Morgan fingerprint density at radius 1 is 0.333 bits per heavy atom. The van der Waals surface area contributed by atoms with Crippen molar-refractivity contribution < 1.29 is 80.2 Å². The van der Waals surface area contributed by atoms with Gasteiger partial charge in [0.1, 0.15) is 19.3 Å². The van der Waals surface area contributed by atoms with Gasteiger partial charge in [-0.1, -0.05) is 292 Å². The van der Waals surface area contributed by atoms with Gasteiger partial charge in [-0.2, -0.15) is 0 Å². The van der Waals surface area contributed by atoms with Gasteiger partial charge in [0.15, 0.2) is 12.2 Å². The van der Waals surface area contributed by atoms with Crippen LogP contribution in [0.5, 0.6) is 0 Å². The highest BCUT2D eigenvalue weighted by atomic mass is 31.2. The summed E-state index contributed by atoms with van der Waals surface area (Å²) in [6, 6.07) is 0. The number of unbranched alkanes of at least 4 members (excludes halogenated alkanes) is 36. The molecule has 87 heavy (non-hydrogen) atoms. The Kier molecular flexibility index (Phi) is 59.0. The standard InChI is InChI=1S/C68H132O17P2/c1-7-10-12-14-15-16-28-34-40-46-52-67(72)84-63(56-78-65(70)50-44-36-13-11-8-2)58-82-86(74,75)80-54-62(69)55-81-87(76,77)83-59-64(57-79-66(71)51-45-39-33-29-25-24-27-32-38-43-49-61(6)9-3)85-68(73)53-47-41-35-30-23-21-19-17-18-20-22-26-31-37-42-48-60(4)5/h60-64,69H,7-59H2,1-6H3,(H,74,75)(H,76,77)/t61?,62-,63+,64+/m0/s1. The summed E-state index contributed by atoms with van der Waals surface area (Å²) in [5.41, 5.74) is 0. The predicted octanol–water partition coefficient (Wildman–Crippen LogP) is 19.2. The van der Waals surface area contributed by atoms with Gasteiger partial charge in [-0.25, -0.2) is 9.13 Å². The van der Waals surface area contributed by atoms with Crippen LogP contribution in [0.25, 0.3) is 0 Å². The molecule has 3 N–H and O–H groups in total. The number of phosphoric ester groups is 2. The van der Waals surface area contributed by atoms with Gasteiger partial charge in [0, 0.05) is 25.7 Å². The molecule has 0 saturated carbocycles. The smallest absolute Gasteiger partial charge is 0.462 e. The molecule has 0 saturated heterocycles. The number of esters is 4. The minimum Gasteiger partial charge on any atom is -0.462 e. The van der Waals surface area contributed by atoms with E-state index in [1.807, 2.05) is 0 Å². The van der Waals surface area contributed by atoms with Gasteiger partial charge in [-0.15, -0.1) is 0 Å². The fourth-order valence-corrected chi connectivity index (χ4v) is 11.8. The lowest BCUT2D eigenvalue weighted by atomic mass is 9.99. The van der Waals surface area contributed by atoms with E-state index in [1.54, 1.807) is 0 Å². The highest BCUT2D eigenvalue weighted by molar-refractivity contribution is 7.47. The molecule has 0 aromatic carbocycles. The maximum absolute atomic E-state index is 13.0. The van der Waals surface area contributed by atoms with Crippen LogP contribution >= 0.6 is 15.6 Å². The van der Waals surface area contributed by atoms with E-state index in [9.17, 15) is 43.2 Å². The minimum absolute atomic E-state index is 0.105. The monoisotopic (exact) mass is 1280 g/mol. The van der Waals surface area contributed by atoms with E-state index < -0.39 is 97.5 Å². The van der Waals surface area contributed by atoms with Gasteiger partial charge in [0.2, 0.25) is 0 Å². The van der Waals surface area contributed by atoms with Crippen molar-refractivity contribution in [3.05, 3.63) is 0 Å². The Hall–Kier alpha value is -1.94. The number of phosphoric acid groups is 2. The zero-order valence-corrected chi connectivity index (χ0v) is 58.1. The molecular formula is C68H132O17P2. The molecule has 17 nitrogen and oxygen atoms in total. The zero-order chi connectivity index (χ0) is 64.3. The molecule has 516 valence electrons. The van der Waals surface area contributed by atoms with Gasteiger partial charge in [-0.05, 0) is 37.5 Å². The Morgan fingerprint density at radius 3 is 0.874 bits per heavy atom. The van der Waals surface area contributed by atoms with Crippen molar-refractivity contribution in [3.63, 3.8) is 0 Å². The van der Waals surface area contributed by atoms with E-state index in [4.69, 9.17) is 37.0 Å². The predicted molar refractivity (Wildman–Crippen MR) is 349 cm³/mol. The number of aliphatic hydroxyl groups is 1. The molecule has 0 aliphatic rings. The molecule has 0 radical (unpaired) electrons. The third-order valence-electron chi connectivity index (χ3n) is 16.1. The van der Waals surface area contributed by atoms with Crippen LogP contribution in [0.4, 0.5) is 0 Å². The molecule has 0 aliphatic heterocycles. The second kappa shape index (κ2) is 60.3. The first-order valence-electron chi connectivity index (χ1n) is 35.5. The van der Waals surface area contributed by atoms with Crippen LogP contribution in [0, 0.1) is 11.8 Å². The van der Waals surface area contributed by atoms with E-state index in [0.717, 1.165) is 108 Å². The quantitative estimate of drug-likeness (QED) is 0.0222. The number of carbonyl (C=O) groups is 4. The van der Waals surface area contributed by atoms with Gasteiger partial charge < -0.3 is 33.8 Å². The maximum atomic E-state index is 13.0. The van der Waals surface area contributed by atoms with Crippen LogP contribution in [0.15, 0.2) is 0 Å². The Morgan fingerprint density at radius 2 is 0.586 bits per heavy atom. The Balaban J connectivity index is 5.16. The second-order valence-corrected chi connectivity index (χ2v) is 28.2. The van der Waals surface area contributed by atoms with Crippen LogP contribution in [0.2, 0.25) is 0 Å². The summed E-state index contributed by atoms with van der Waals surface area (Å²) in [5.74, 6) is -0.526.